The second-order valence-corrected chi connectivity index (χ2v) is 5.65. The van der Waals surface area contributed by atoms with Crippen LogP contribution in [0.5, 0.6) is 0 Å². The van der Waals surface area contributed by atoms with Crippen LogP contribution in [0.2, 0.25) is 0 Å². The van der Waals surface area contributed by atoms with Crippen LogP contribution in [0.25, 0.3) is 0 Å². The Hall–Kier alpha value is -0.820. The third-order valence-electron chi connectivity index (χ3n) is 3.15. The highest BCUT2D eigenvalue weighted by Crippen LogP contribution is 2.22. The fourth-order valence-corrected chi connectivity index (χ4v) is 1.73. The highest BCUT2D eigenvalue weighted by Gasteiger charge is 2.12. The molecule has 1 heteroatoms. The third kappa shape index (κ3) is 3.97. The minimum absolute atomic E-state index is 0.248. The van der Waals surface area contributed by atoms with Gasteiger partial charge < -0.3 is 5.73 Å². The fraction of sp³-hybridized carbons (Fsp3) is 0.600. The van der Waals surface area contributed by atoms with Gasteiger partial charge in [-0.15, -0.1) is 0 Å². The molecule has 0 bridgehead atoms. The third-order valence-corrected chi connectivity index (χ3v) is 3.15. The van der Waals surface area contributed by atoms with E-state index in [1.54, 1.807) is 0 Å². The van der Waals surface area contributed by atoms with E-state index < -0.39 is 0 Å². The van der Waals surface area contributed by atoms with E-state index >= 15 is 0 Å². The Morgan fingerprint density at radius 1 is 1.12 bits per heavy atom. The van der Waals surface area contributed by atoms with Crippen molar-refractivity contribution in [3.05, 3.63) is 35.4 Å². The minimum atomic E-state index is 0.248. The molecular weight excluding hydrogens is 194 g/mol. The molecule has 1 aromatic rings. The van der Waals surface area contributed by atoms with Gasteiger partial charge in [-0.1, -0.05) is 52.0 Å². The first-order valence-corrected chi connectivity index (χ1v) is 6.28. The maximum Gasteiger partial charge on any atom is 0.00393 e. The molecule has 1 rings (SSSR count). The highest BCUT2D eigenvalue weighted by molar-refractivity contribution is 5.27. The second kappa shape index (κ2) is 5.49. The van der Waals surface area contributed by atoms with E-state index in [-0.39, 0.29) is 5.41 Å². The molecule has 90 valence electrons. The van der Waals surface area contributed by atoms with Crippen LogP contribution in [0.4, 0.5) is 0 Å². The maximum absolute atomic E-state index is 5.92. The van der Waals surface area contributed by atoms with Crippen LogP contribution in [0.3, 0.4) is 0 Å². The Morgan fingerprint density at radius 2 is 1.69 bits per heavy atom. The Labute approximate surface area is 100 Å². The highest BCUT2D eigenvalue weighted by atomic mass is 14.6. The predicted octanol–water partition coefficient (Wildman–Crippen LogP) is 3.65. The average Bonchev–Trinajstić information content (AvgIpc) is 2.25. The standard InChI is InChI=1S/C15H25N/c1-5-14(16)11-8-12-6-9-13(10-7-12)15(2,3)4/h6-7,9-10,14H,5,8,11,16H2,1-4H3. The summed E-state index contributed by atoms with van der Waals surface area (Å²) in [5.41, 5.74) is 8.97. The molecule has 0 fully saturated rings. The van der Waals surface area contributed by atoms with E-state index in [0.717, 1.165) is 19.3 Å². The van der Waals surface area contributed by atoms with Crippen LogP contribution in [0.1, 0.15) is 51.7 Å². The van der Waals surface area contributed by atoms with Crippen molar-refractivity contribution < 1.29 is 0 Å². The first-order valence-electron chi connectivity index (χ1n) is 6.28. The summed E-state index contributed by atoms with van der Waals surface area (Å²) in [5, 5.41) is 0. The summed E-state index contributed by atoms with van der Waals surface area (Å²) in [5.74, 6) is 0. The van der Waals surface area contributed by atoms with Gasteiger partial charge in [-0.05, 0) is 35.8 Å². The van der Waals surface area contributed by atoms with Crippen molar-refractivity contribution in [3.63, 3.8) is 0 Å². The van der Waals surface area contributed by atoms with E-state index in [0.29, 0.717) is 6.04 Å². The Morgan fingerprint density at radius 3 is 2.12 bits per heavy atom. The van der Waals surface area contributed by atoms with Crippen LogP contribution in [-0.2, 0) is 11.8 Å². The molecule has 0 aliphatic rings. The molecule has 0 saturated carbocycles. The van der Waals surface area contributed by atoms with E-state index in [1.807, 2.05) is 0 Å². The van der Waals surface area contributed by atoms with Gasteiger partial charge >= 0.3 is 0 Å². The molecular formula is C15H25N. The molecule has 0 aromatic heterocycles. The van der Waals surface area contributed by atoms with E-state index in [9.17, 15) is 0 Å². The van der Waals surface area contributed by atoms with Gasteiger partial charge in [0.2, 0.25) is 0 Å². The summed E-state index contributed by atoms with van der Waals surface area (Å²) in [6.07, 6.45) is 3.25. The Kier molecular flexibility index (Phi) is 4.55. The topological polar surface area (TPSA) is 26.0 Å². The molecule has 1 atom stereocenters. The van der Waals surface area contributed by atoms with Gasteiger partial charge in [-0.3, -0.25) is 0 Å². The first-order chi connectivity index (χ1) is 7.43. The zero-order valence-corrected chi connectivity index (χ0v) is 11.1. The average molecular weight is 219 g/mol. The summed E-state index contributed by atoms with van der Waals surface area (Å²) in [6.45, 7) is 8.88. The number of rotatable bonds is 4. The van der Waals surface area contributed by atoms with E-state index in [2.05, 4.69) is 52.0 Å². The van der Waals surface area contributed by atoms with Crippen LogP contribution in [-0.4, -0.2) is 6.04 Å². The molecule has 0 aliphatic carbocycles. The van der Waals surface area contributed by atoms with Gasteiger partial charge in [-0.2, -0.15) is 0 Å². The lowest BCUT2D eigenvalue weighted by molar-refractivity contribution is 0.586. The summed E-state index contributed by atoms with van der Waals surface area (Å²) < 4.78 is 0. The van der Waals surface area contributed by atoms with Crippen LogP contribution in [0, 0.1) is 0 Å². The van der Waals surface area contributed by atoms with Crippen LogP contribution in [0.15, 0.2) is 24.3 Å². The van der Waals surface area contributed by atoms with Gasteiger partial charge in [0.05, 0.1) is 0 Å². The van der Waals surface area contributed by atoms with Crippen molar-refractivity contribution in [1.82, 2.24) is 0 Å². The van der Waals surface area contributed by atoms with Crippen molar-refractivity contribution in [2.75, 3.05) is 0 Å². The maximum atomic E-state index is 5.92. The molecule has 1 nitrogen and oxygen atoms in total. The smallest absolute Gasteiger partial charge is 0.00393 e. The normalized spacial score (nSPS) is 13.8. The fourth-order valence-electron chi connectivity index (χ4n) is 1.73. The van der Waals surface area contributed by atoms with Crippen LogP contribution < -0.4 is 5.73 Å². The van der Waals surface area contributed by atoms with Crippen molar-refractivity contribution in [3.8, 4) is 0 Å². The number of benzene rings is 1. The largest absolute Gasteiger partial charge is 0.328 e. The number of hydrogen-bond acceptors (Lipinski definition) is 1. The minimum Gasteiger partial charge on any atom is -0.328 e. The van der Waals surface area contributed by atoms with E-state index in [4.69, 9.17) is 5.73 Å². The van der Waals surface area contributed by atoms with Crippen molar-refractivity contribution in [2.24, 2.45) is 5.73 Å². The molecule has 0 radical (unpaired) electrons. The number of hydrogen-bond donors (Lipinski definition) is 1. The summed E-state index contributed by atoms with van der Waals surface area (Å²) in [6, 6.07) is 9.31. The van der Waals surface area contributed by atoms with Gasteiger partial charge in [0.25, 0.3) is 0 Å². The summed E-state index contributed by atoms with van der Waals surface area (Å²) in [7, 11) is 0. The number of nitrogens with two attached hydrogens (primary N) is 1. The van der Waals surface area contributed by atoms with Crippen molar-refractivity contribution >= 4 is 0 Å². The Balaban J connectivity index is 2.58. The van der Waals surface area contributed by atoms with Gasteiger partial charge in [-0.25, -0.2) is 0 Å². The molecule has 0 amide bonds. The Bertz CT molecular complexity index is 305. The molecule has 0 heterocycles. The molecule has 0 saturated heterocycles. The van der Waals surface area contributed by atoms with Gasteiger partial charge in [0.15, 0.2) is 0 Å². The zero-order chi connectivity index (χ0) is 12.2. The molecule has 0 aliphatic heterocycles. The zero-order valence-electron chi connectivity index (χ0n) is 11.1. The van der Waals surface area contributed by atoms with Gasteiger partial charge in [0.1, 0.15) is 0 Å². The first kappa shape index (κ1) is 13.2. The molecule has 1 unspecified atom stereocenters. The van der Waals surface area contributed by atoms with Crippen molar-refractivity contribution in [1.29, 1.82) is 0 Å². The lowest BCUT2D eigenvalue weighted by Gasteiger charge is -2.19. The quantitative estimate of drug-likeness (QED) is 0.822. The van der Waals surface area contributed by atoms with Gasteiger partial charge in [0, 0.05) is 6.04 Å². The monoisotopic (exact) mass is 219 g/mol. The lowest BCUT2D eigenvalue weighted by Crippen LogP contribution is -2.19. The second-order valence-electron chi connectivity index (χ2n) is 5.65. The molecule has 1 aromatic carbocycles. The lowest BCUT2D eigenvalue weighted by atomic mass is 9.86. The van der Waals surface area contributed by atoms with E-state index in [1.165, 1.54) is 11.1 Å². The van der Waals surface area contributed by atoms with Crippen LogP contribution >= 0.6 is 0 Å². The summed E-state index contributed by atoms with van der Waals surface area (Å²) in [4.78, 5) is 0. The number of aryl methyl sites for hydroxylation is 1. The molecule has 2 N–H and O–H groups in total. The van der Waals surface area contributed by atoms with Crippen molar-refractivity contribution in [2.45, 2.75) is 58.4 Å². The molecule has 16 heavy (non-hydrogen) atoms. The summed E-state index contributed by atoms with van der Waals surface area (Å²) >= 11 is 0. The SMILES string of the molecule is CCC(N)CCc1ccc(C(C)(C)C)cc1. The predicted molar refractivity (Wildman–Crippen MR) is 71.7 cm³/mol. The molecule has 0 spiro atoms.